The van der Waals surface area contributed by atoms with Gasteiger partial charge in [-0.25, -0.2) is 0 Å². The van der Waals surface area contributed by atoms with Gasteiger partial charge in [0.25, 0.3) is 0 Å². The van der Waals surface area contributed by atoms with Crippen LogP contribution in [0.1, 0.15) is 30.0 Å². The minimum absolute atomic E-state index is 0.00682. The third-order valence-corrected chi connectivity index (χ3v) is 3.97. The van der Waals surface area contributed by atoms with Crippen LogP contribution >= 0.6 is 0 Å². The SMILES string of the molecule is CCC(=O)Nc1c[nH]c2ccc(Cc3cc(C)ccc3O)cc12. The summed E-state index contributed by atoms with van der Waals surface area (Å²) in [4.78, 5) is 14.8. The molecule has 1 heterocycles. The standard InChI is InChI=1S/C19H20N2O2/c1-3-19(23)21-17-11-20-16-6-5-13(10-15(16)17)9-14-8-12(2)4-7-18(14)22/h4-8,10-11,20,22H,3,9H2,1-2H3,(H,21,23). The van der Waals surface area contributed by atoms with E-state index in [4.69, 9.17) is 0 Å². The van der Waals surface area contributed by atoms with Gasteiger partial charge >= 0.3 is 0 Å². The van der Waals surface area contributed by atoms with Gasteiger partial charge in [-0.2, -0.15) is 0 Å². The maximum Gasteiger partial charge on any atom is 0.224 e. The first-order valence-electron chi connectivity index (χ1n) is 7.75. The first-order valence-corrected chi connectivity index (χ1v) is 7.75. The van der Waals surface area contributed by atoms with Gasteiger partial charge in [-0.05, 0) is 36.2 Å². The molecule has 0 unspecified atom stereocenters. The zero-order valence-electron chi connectivity index (χ0n) is 13.3. The summed E-state index contributed by atoms with van der Waals surface area (Å²) in [5, 5.41) is 13.9. The van der Waals surface area contributed by atoms with Gasteiger partial charge in [0, 0.05) is 29.9 Å². The fourth-order valence-corrected chi connectivity index (χ4v) is 2.70. The zero-order valence-corrected chi connectivity index (χ0v) is 13.3. The normalized spacial score (nSPS) is 10.9. The van der Waals surface area contributed by atoms with Crippen molar-refractivity contribution >= 4 is 22.5 Å². The van der Waals surface area contributed by atoms with Gasteiger partial charge in [-0.1, -0.05) is 30.7 Å². The third-order valence-electron chi connectivity index (χ3n) is 3.97. The first kappa shape index (κ1) is 15.2. The van der Waals surface area contributed by atoms with Gasteiger partial charge in [0.15, 0.2) is 0 Å². The Morgan fingerprint density at radius 2 is 2.04 bits per heavy atom. The van der Waals surface area contributed by atoms with Crippen LogP contribution in [0.5, 0.6) is 5.75 Å². The molecule has 0 aliphatic rings. The molecule has 3 N–H and O–H groups in total. The predicted octanol–water partition coefficient (Wildman–Crippen LogP) is 4.12. The van der Waals surface area contributed by atoms with Crippen LogP contribution in [0.15, 0.2) is 42.6 Å². The van der Waals surface area contributed by atoms with Crippen LogP contribution in [-0.4, -0.2) is 16.0 Å². The molecule has 3 aromatic rings. The van der Waals surface area contributed by atoms with E-state index in [0.717, 1.165) is 33.3 Å². The fraction of sp³-hybridized carbons (Fsp3) is 0.211. The van der Waals surface area contributed by atoms with Crippen molar-refractivity contribution in [1.82, 2.24) is 4.98 Å². The average Bonchev–Trinajstić information content (AvgIpc) is 2.93. The molecular formula is C19H20N2O2. The number of rotatable bonds is 4. The third kappa shape index (κ3) is 3.21. The summed E-state index contributed by atoms with van der Waals surface area (Å²) < 4.78 is 0. The van der Waals surface area contributed by atoms with Crippen molar-refractivity contribution in [2.45, 2.75) is 26.7 Å². The van der Waals surface area contributed by atoms with E-state index in [1.165, 1.54) is 0 Å². The molecule has 0 saturated carbocycles. The number of amides is 1. The van der Waals surface area contributed by atoms with Gasteiger partial charge < -0.3 is 15.4 Å². The molecule has 0 saturated heterocycles. The van der Waals surface area contributed by atoms with E-state index < -0.39 is 0 Å². The lowest BCUT2D eigenvalue weighted by molar-refractivity contribution is -0.115. The van der Waals surface area contributed by atoms with Crippen LogP contribution in [0, 0.1) is 6.92 Å². The number of aromatic hydroxyl groups is 1. The molecule has 1 amide bonds. The first-order chi connectivity index (χ1) is 11.1. The second-order valence-electron chi connectivity index (χ2n) is 5.79. The number of aromatic nitrogens is 1. The molecule has 23 heavy (non-hydrogen) atoms. The number of carbonyl (C=O) groups is 1. The van der Waals surface area contributed by atoms with Crippen LogP contribution in [0.4, 0.5) is 5.69 Å². The van der Waals surface area contributed by atoms with E-state index in [1.807, 2.05) is 44.3 Å². The molecule has 3 rings (SSSR count). The Kier molecular flexibility index (Phi) is 4.06. The smallest absolute Gasteiger partial charge is 0.224 e. The maximum atomic E-state index is 11.6. The highest BCUT2D eigenvalue weighted by Gasteiger charge is 2.09. The summed E-state index contributed by atoms with van der Waals surface area (Å²) in [5.41, 5.74) is 4.89. The largest absolute Gasteiger partial charge is 0.508 e. The van der Waals surface area contributed by atoms with Crippen molar-refractivity contribution in [1.29, 1.82) is 0 Å². The number of benzene rings is 2. The van der Waals surface area contributed by atoms with E-state index in [-0.39, 0.29) is 5.91 Å². The van der Waals surface area contributed by atoms with Crippen molar-refractivity contribution in [3.8, 4) is 5.75 Å². The highest BCUT2D eigenvalue weighted by Crippen LogP contribution is 2.27. The highest BCUT2D eigenvalue weighted by molar-refractivity contribution is 6.01. The van der Waals surface area contributed by atoms with Crippen LogP contribution in [0.25, 0.3) is 10.9 Å². The Labute approximate surface area is 135 Å². The number of fused-ring (bicyclic) bond motifs is 1. The van der Waals surface area contributed by atoms with E-state index in [2.05, 4.69) is 16.4 Å². The molecule has 0 aliphatic heterocycles. The van der Waals surface area contributed by atoms with Crippen LogP contribution < -0.4 is 5.32 Å². The van der Waals surface area contributed by atoms with Crippen LogP contribution in [-0.2, 0) is 11.2 Å². The zero-order chi connectivity index (χ0) is 16.4. The number of phenols is 1. The molecule has 4 heteroatoms. The molecule has 0 fully saturated rings. The van der Waals surface area contributed by atoms with Gasteiger partial charge in [0.05, 0.1) is 5.69 Å². The van der Waals surface area contributed by atoms with Crippen molar-refractivity contribution in [2.24, 2.45) is 0 Å². The Balaban J connectivity index is 1.94. The number of nitrogens with one attached hydrogen (secondary N) is 2. The number of phenolic OH excluding ortho intramolecular Hbond substituents is 1. The van der Waals surface area contributed by atoms with Crippen molar-refractivity contribution < 1.29 is 9.90 Å². The molecule has 2 aromatic carbocycles. The lowest BCUT2D eigenvalue weighted by atomic mass is 10.0. The molecule has 118 valence electrons. The second kappa shape index (κ2) is 6.16. The number of anilines is 1. The van der Waals surface area contributed by atoms with Crippen molar-refractivity contribution in [2.75, 3.05) is 5.32 Å². The Morgan fingerprint density at radius 1 is 1.22 bits per heavy atom. The molecule has 0 atom stereocenters. The number of carbonyl (C=O) groups excluding carboxylic acids is 1. The summed E-state index contributed by atoms with van der Waals surface area (Å²) in [7, 11) is 0. The van der Waals surface area contributed by atoms with Crippen molar-refractivity contribution in [3.63, 3.8) is 0 Å². The molecule has 1 aromatic heterocycles. The molecular weight excluding hydrogens is 288 g/mol. The lowest BCUT2D eigenvalue weighted by Gasteiger charge is -2.07. The Morgan fingerprint density at radius 3 is 2.83 bits per heavy atom. The molecule has 0 spiro atoms. The van der Waals surface area contributed by atoms with Gasteiger partial charge in [0.2, 0.25) is 5.91 Å². The van der Waals surface area contributed by atoms with E-state index in [1.54, 1.807) is 6.07 Å². The maximum absolute atomic E-state index is 11.6. The highest BCUT2D eigenvalue weighted by atomic mass is 16.3. The number of hydrogen-bond acceptors (Lipinski definition) is 2. The lowest BCUT2D eigenvalue weighted by Crippen LogP contribution is -2.08. The summed E-state index contributed by atoms with van der Waals surface area (Å²) in [6.45, 7) is 3.84. The molecule has 4 nitrogen and oxygen atoms in total. The summed E-state index contributed by atoms with van der Waals surface area (Å²) in [6, 6.07) is 11.7. The minimum atomic E-state index is -0.00682. The van der Waals surface area contributed by atoms with E-state index in [9.17, 15) is 9.90 Å². The van der Waals surface area contributed by atoms with E-state index >= 15 is 0 Å². The summed E-state index contributed by atoms with van der Waals surface area (Å²) in [6.07, 6.45) is 2.91. The Hall–Kier alpha value is -2.75. The number of H-pyrrole nitrogens is 1. The van der Waals surface area contributed by atoms with Crippen LogP contribution in [0.2, 0.25) is 0 Å². The number of aryl methyl sites for hydroxylation is 1. The summed E-state index contributed by atoms with van der Waals surface area (Å²) >= 11 is 0. The molecule has 0 radical (unpaired) electrons. The molecule has 0 bridgehead atoms. The van der Waals surface area contributed by atoms with Gasteiger partial charge in [0.1, 0.15) is 5.75 Å². The van der Waals surface area contributed by atoms with Crippen molar-refractivity contribution in [3.05, 3.63) is 59.3 Å². The average molecular weight is 308 g/mol. The Bertz CT molecular complexity index is 865. The summed E-state index contributed by atoms with van der Waals surface area (Å²) in [5.74, 6) is 0.303. The minimum Gasteiger partial charge on any atom is -0.508 e. The predicted molar refractivity (Wildman–Crippen MR) is 92.9 cm³/mol. The second-order valence-corrected chi connectivity index (χ2v) is 5.79. The monoisotopic (exact) mass is 308 g/mol. The van der Waals surface area contributed by atoms with Crippen LogP contribution in [0.3, 0.4) is 0 Å². The number of hydrogen-bond donors (Lipinski definition) is 3. The molecule has 0 aliphatic carbocycles. The quantitative estimate of drug-likeness (QED) is 0.678. The van der Waals surface area contributed by atoms with Gasteiger partial charge in [-0.3, -0.25) is 4.79 Å². The van der Waals surface area contributed by atoms with E-state index in [0.29, 0.717) is 18.6 Å². The fourth-order valence-electron chi connectivity index (χ4n) is 2.70. The number of aromatic amines is 1. The van der Waals surface area contributed by atoms with Gasteiger partial charge in [-0.15, -0.1) is 0 Å². The topological polar surface area (TPSA) is 65.1 Å².